The zero-order valence-electron chi connectivity index (χ0n) is 15.9. The molecule has 1 saturated heterocycles. The summed E-state index contributed by atoms with van der Waals surface area (Å²) in [5.74, 6) is 0.825. The maximum absolute atomic E-state index is 3.79. The predicted molar refractivity (Wildman–Crippen MR) is 105 cm³/mol. The molecule has 1 N–H and O–H groups in total. The van der Waals surface area contributed by atoms with E-state index in [4.69, 9.17) is 0 Å². The first-order valence-corrected chi connectivity index (χ1v) is 9.76. The molecule has 1 aromatic carbocycles. The number of hydrogen-bond donors (Lipinski definition) is 1. The van der Waals surface area contributed by atoms with Crippen molar-refractivity contribution in [3.8, 4) is 0 Å². The molecule has 1 aliphatic heterocycles. The maximum atomic E-state index is 3.79. The molecule has 134 valence electrons. The van der Waals surface area contributed by atoms with Crippen LogP contribution in [0.15, 0.2) is 42.0 Å². The van der Waals surface area contributed by atoms with Gasteiger partial charge in [-0.1, -0.05) is 48.9 Å². The second-order valence-corrected chi connectivity index (χ2v) is 7.74. The van der Waals surface area contributed by atoms with E-state index in [1.165, 1.54) is 62.9 Å². The third-order valence-corrected chi connectivity index (χ3v) is 5.12. The molecule has 24 heavy (non-hydrogen) atoms. The first kappa shape index (κ1) is 19.2. The van der Waals surface area contributed by atoms with Gasteiger partial charge in [-0.25, -0.2) is 0 Å². The fourth-order valence-corrected chi connectivity index (χ4v) is 3.47. The average Bonchev–Trinajstić information content (AvgIpc) is 2.57. The highest BCUT2D eigenvalue weighted by Gasteiger charge is 2.18. The molecule has 0 radical (unpaired) electrons. The number of nitrogens with one attached hydrogen (secondary N) is 1. The number of likely N-dealkylation sites (tertiary alicyclic amines) is 1. The lowest BCUT2D eigenvalue weighted by Crippen LogP contribution is -2.42. The normalized spacial score (nSPS) is 17.6. The third-order valence-electron chi connectivity index (χ3n) is 5.12. The number of allylic oxidation sites excluding steroid dienone is 2. The van der Waals surface area contributed by atoms with Gasteiger partial charge in [-0.2, -0.15) is 0 Å². The van der Waals surface area contributed by atoms with E-state index in [0.717, 1.165) is 18.5 Å². The summed E-state index contributed by atoms with van der Waals surface area (Å²) in [7, 11) is 0. The Hall–Kier alpha value is -1.12. The lowest BCUT2D eigenvalue weighted by molar-refractivity contribution is 0.189. The van der Waals surface area contributed by atoms with Gasteiger partial charge in [-0.3, -0.25) is 4.90 Å². The molecule has 1 aliphatic rings. The Labute approximate surface area is 149 Å². The summed E-state index contributed by atoms with van der Waals surface area (Å²) in [4.78, 5) is 2.59. The van der Waals surface area contributed by atoms with Crippen molar-refractivity contribution >= 4 is 0 Å². The fourth-order valence-electron chi connectivity index (χ4n) is 3.47. The molecule has 2 nitrogen and oxygen atoms in total. The van der Waals surface area contributed by atoms with E-state index < -0.39 is 0 Å². The second kappa shape index (κ2) is 10.7. The molecule has 0 amide bonds. The Balaban J connectivity index is 1.55. The van der Waals surface area contributed by atoms with Crippen molar-refractivity contribution in [2.24, 2.45) is 5.92 Å². The van der Waals surface area contributed by atoms with Crippen molar-refractivity contribution in [3.63, 3.8) is 0 Å². The van der Waals surface area contributed by atoms with Gasteiger partial charge in [0.25, 0.3) is 0 Å². The van der Waals surface area contributed by atoms with Crippen LogP contribution in [0, 0.1) is 5.92 Å². The van der Waals surface area contributed by atoms with Crippen LogP contribution in [0.4, 0.5) is 0 Å². The average molecular weight is 329 g/mol. The van der Waals surface area contributed by atoms with Crippen LogP contribution in [0.2, 0.25) is 0 Å². The van der Waals surface area contributed by atoms with Crippen LogP contribution in [0.3, 0.4) is 0 Å². The number of benzene rings is 1. The molecule has 0 spiro atoms. The molecule has 0 aliphatic carbocycles. The lowest BCUT2D eigenvalue weighted by atomic mass is 9.99. The Bertz CT molecular complexity index is 468. The molecule has 1 fully saturated rings. The van der Waals surface area contributed by atoms with Crippen LogP contribution in [-0.4, -0.2) is 30.6 Å². The molecule has 0 unspecified atom stereocenters. The van der Waals surface area contributed by atoms with Crippen molar-refractivity contribution in [3.05, 3.63) is 47.5 Å². The fraction of sp³-hybridized carbons (Fsp3) is 0.636. The van der Waals surface area contributed by atoms with Gasteiger partial charge < -0.3 is 5.32 Å². The van der Waals surface area contributed by atoms with E-state index in [0.29, 0.717) is 0 Å². The molecule has 2 heteroatoms. The van der Waals surface area contributed by atoms with Crippen molar-refractivity contribution < 1.29 is 0 Å². The second-order valence-electron chi connectivity index (χ2n) is 7.74. The Kier molecular flexibility index (Phi) is 8.55. The van der Waals surface area contributed by atoms with Crippen molar-refractivity contribution in [2.45, 2.75) is 65.5 Å². The minimum absolute atomic E-state index is 0.724. The van der Waals surface area contributed by atoms with Crippen LogP contribution in [-0.2, 0) is 6.54 Å². The highest BCUT2D eigenvalue weighted by Crippen LogP contribution is 2.15. The zero-order chi connectivity index (χ0) is 17.2. The molecule has 0 saturated carbocycles. The summed E-state index contributed by atoms with van der Waals surface area (Å²) in [6, 6.07) is 11.6. The lowest BCUT2D eigenvalue weighted by Gasteiger charge is -2.32. The number of rotatable bonds is 9. The smallest absolute Gasteiger partial charge is 0.0233 e. The zero-order valence-corrected chi connectivity index (χ0v) is 15.9. The summed E-state index contributed by atoms with van der Waals surface area (Å²) in [6.45, 7) is 11.5. The molecular formula is C22H36N2. The topological polar surface area (TPSA) is 15.3 Å². The molecule has 0 aromatic heterocycles. The first-order valence-electron chi connectivity index (χ1n) is 9.76. The van der Waals surface area contributed by atoms with E-state index in [2.05, 4.69) is 67.4 Å². The Morgan fingerprint density at radius 2 is 1.88 bits per heavy atom. The third kappa shape index (κ3) is 7.63. The summed E-state index contributed by atoms with van der Waals surface area (Å²) in [6.07, 6.45) is 8.81. The van der Waals surface area contributed by atoms with Crippen LogP contribution < -0.4 is 5.32 Å². The highest BCUT2D eigenvalue weighted by molar-refractivity contribution is 5.14. The summed E-state index contributed by atoms with van der Waals surface area (Å²) in [5, 5.41) is 3.79. The van der Waals surface area contributed by atoms with Gasteiger partial charge in [0.15, 0.2) is 0 Å². The van der Waals surface area contributed by atoms with Gasteiger partial charge in [-0.15, -0.1) is 0 Å². The quantitative estimate of drug-likeness (QED) is 0.641. The van der Waals surface area contributed by atoms with Crippen molar-refractivity contribution in [1.82, 2.24) is 10.2 Å². The van der Waals surface area contributed by atoms with E-state index >= 15 is 0 Å². The molecule has 1 heterocycles. The van der Waals surface area contributed by atoms with Crippen molar-refractivity contribution in [1.29, 1.82) is 0 Å². The molecule has 0 bridgehead atoms. The Morgan fingerprint density at radius 3 is 2.54 bits per heavy atom. The van der Waals surface area contributed by atoms with Gasteiger partial charge in [0, 0.05) is 12.6 Å². The first-order chi connectivity index (χ1) is 11.6. The van der Waals surface area contributed by atoms with Crippen LogP contribution in [0.1, 0.15) is 58.4 Å². The summed E-state index contributed by atoms with van der Waals surface area (Å²) >= 11 is 0. The minimum Gasteiger partial charge on any atom is -0.314 e. The highest BCUT2D eigenvalue weighted by atomic mass is 15.1. The predicted octanol–water partition coefficient (Wildman–Crippen LogP) is 5.01. The molecule has 2 rings (SSSR count). The van der Waals surface area contributed by atoms with Gasteiger partial charge in [0.2, 0.25) is 0 Å². The van der Waals surface area contributed by atoms with Gasteiger partial charge in [-0.05, 0) is 77.1 Å². The largest absolute Gasteiger partial charge is 0.314 e. The maximum Gasteiger partial charge on any atom is 0.0233 e. The standard InChI is InChI=1S/C22H36N2/c1-19(2)8-7-9-20(3)12-15-23-22-13-16-24(17-14-22)18-21-10-5-4-6-11-21/h4-6,8,10-11,20,22-23H,7,9,12-18H2,1-3H3/t20-/m0/s1. The van der Waals surface area contributed by atoms with Gasteiger partial charge in [0.1, 0.15) is 0 Å². The van der Waals surface area contributed by atoms with Gasteiger partial charge >= 0.3 is 0 Å². The number of piperidine rings is 1. The van der Waals surface area contributed by atoms with Gasteiger partial charge in [0.05, 0.1) is 0 Å². The molecule has 1 atom stereocenters. The van der Waals surface area contributed by atoms with Crippen LogP contribution >= 0.6 is 0 Å². The molecular weight excluding hydrogens is 292 g/mol. The van der Waals surface area contributed by atoms with E-state index in [1.54, 1.807) is 0 Å². The molecule has 1 aromatic rings. The number of nitrogens with zero attached hydrogens (tertiary/aromatic N) is 1. The SMILES string of the molecule is CC(C)=CCC[C@H](C)CCNC1CCN(Cc2ccccc2)CC1. The van der Waals surface area contributed by atoms with Crippen LogP contribution in [0.25, 0.3) is 0 Å². The van der Waals surface area contributed by atoms with Crippen LogP contribution in [0.5, 0.6) is 0 Å². The summed E-state index contributed by atoms with van der Waals surface area (Å²) in [5.41, 5.74) is 2.89. The van der Waals surface area contributed by atoms with E-state index in [-0.39, 0.29) is 0 Å². The monoisotopic (exact) mass is 328 g/mol. The van der Waals surface area contributed by atoms with E-state index in [9.17, 15) is 0 Å². The summed E-state index contributed by atoms with van der Waals surface area (Å²) < 4.78 is 0. The Morgan fingerprint density at radius 1 is 1.17 bits per heavy atom. The number of hydrogen-bond acceptors (Lipinski definition) is 2. The van der Waals surface area contributed by atoms with Crippen molar-refractivity contribution in [2.75, 3.05) is 19.6 Å². The minimum atomic E-state index is 0.724. The van der Waals surface area contributed by atoms with E-state index in [1.807, 2.05) is 0 Å².